The molecule has 0 saturated carbocycles. The van der Waals surface area contributed by atoms with Crippen LogP contribution in [0.4, 0.5) is 10.1 Å². The van der Waals surface area contributed by atoms with Gasteiger partial charge in [-0.05, 0) is 63.6 Å². The minimum Gasteiger partial charge on any atom is -0.350 e. The van der Waals surface area contributed by atoms with Gasteiger partial charge in [0.15, 0.2) is 0 Å². The fourth-order valence-electron chi connectivity index (χ4n) is 3.09. The minimum atomic E-state index is -3.84. The van der Waals surface area contributed by atoms with E-state index in [9.17, 15) is 22.4 Å². The van der Waals surface area contributed by atoms with Gasteiger partial charge in [0, 0.05) is 17.1 Å². The molecule has 0 spiro atoms. The van der Waals surface area contributed by atoms with Crippen LogP contribution in [0, 0.1) is 5.82 Å². The smallest absolute Gasteiger partial charge is 0.244 e. The highest BCUT2D eigenvalue weighted by atomic mass is 35.5. The summed E-state index contributed by atoms with van der Waals surface area (Å²) in [4.78, 5) is 27.5. The van der Waals surface area contributed by atoms with E-state index in [1.807, 2.05) is 20.8 Å². The lowest BCUT2D eigenvalue weighted by Crippen LogP contribution is -2.54. The van der Waals surface area contributed by atoms with Crippen molar-refractivity contribution in [3.63, 3.8) is 0 Å². The molecule has 0 radical (unpaired) electrons. The summed E-state index contributed by atoms with van der Waals surface area (Å²) in [5, 5.41) is 3.14. The molecule has 33 heavy (non-hydrogen) atoms. The number of benzene rings is 2. The van der Waals surface area contributed by atoms with Crippen molar-refractivity contribution in [1.29, 1.82) is 0 Å². The van der Waals surface area contributed by atoms with Crippen molar-refractivity contribution in [2.75, 3.05) is 17.1 Å². The van der Waals surface area contributed by atoms with E-state index < -0.39 is 45.8 Å². The van der Waals surface area contributed by atoms with Gasteiger partial charge in [-0.2, -0.15) is 0 Å². The van der Waals surface area contributed by atoms with Crippen LogP contribution in [-0.2, 0) is 26.2 Å². The van der Waals surface area contributed by atoms with Gasteiger partial charge in [-0.15, -0.1) is 0 Å². The number of amides is 2. The number of hydrogen-bond donors (Lipinski definition) is 1. The average Bonchev–Trinajstić information content (AvgIpc) is 2.68. The van der Waals surface area contributed by atoms with E-state index >= 15 is 0 Å². The molecule has 2 aromatic carbocycles. The molecule has 0 saturated heterocycles. The highest BCUT2D eigenvalue weighted by Gasteiger charge is 2.31. The Morgan fingerprint density at radius 2 is 1.73 bits per heavy atom. The third-order valence-electron chi connectivity index (χ3n) is 4.71. The van der Waals surface area contributed by atoms with Gasteiger partial charge in [-0.3, -0.25) is 13.9 Å². The maximum Gasteiger partial charge on any atom is 0.244 e. The summed E-state index contributed by atoms with van der Waals surface area (Å²) >= 11 is 6.01. The van der Waals surface area contributed by atoms with Crippen molar-refractivity contribution in [3.05, 3.63) is 64.9 Å². The molecular weight excluding hydrogens is 469 g/mol. The van der Waals surface area contributed by atoms with Gasteiger partial charge in [-0.25, -0.2) is 12.8 Å². The second-order valence-corrected chi connectivity index (χ2v) is 11.2. The van der Waals surface area contributed by atoms with Gasteiger partial charge >= 0.3 is 0 Å². The summed E-state index contributed by atoms with van der Waals surface area (Å²) in [5.74, 6) is -1.42. The van der Waals surface area contributed by atoms with Crippen LogP contribution in [0.3, 0.4) is 0 Å². The number of rotatable bonds is 8. The van der Waals surface area contributed by atoms with Gasteiger partial charge in [-0.1, -0.05) is 29.8 Å². The Bertz CT molecular complexity index is 1100. The normalized spacial score (nSPS) is 12.7. The maximum absolute atomic E-state index is 13.4. The monoisotopic (exact) mass is 497 g/mol. The fourth-order valence-corrected chi connectivity index (χ4v) is 4.11. The zero-order chi connectivity index (χ0) is 25.0. The Balaban J connectivity index is 2.39. The largest absolute Gasteiger partial charge is 0.350 e. The highest BCUT2D eigenvalue weighted by molar-refractivity contribution is 7.92. The Hall–Kier alpha value is -2.65. The standard InChI is InChI=1S/C23H29ClFN3O4S/c1-16(22(30)26-23(2,3)4)27(14-17-9-11-19(25)12-10-17)21(29)15-28(33(5,31)32)20-8-6-7-18(24)13-20/h6-13,16H,14-15H2,1-5H3,(H,26,30). The first-order valence-electron chi connectivity index (χ1n) is 10.3. The topological polar surface area (TPSA) is 86.8 Å². The summed E-state index contributed by atoms with van der Waals surface area (Å²) in [7, 11) is -3.84. The SMILES string of the molecule is CC(C(=O)NC(C)(C)C)N(Cc1ccc(F)cc1)C(=O)CN(c1cccc(Cl)c1)S(C)(=O)=O. The van der Waals surface area contributed by atoms with Crippen molar-refractivity contribution in [1.82, 2.24) is 10.2 Å². The molecule has 0 heterocycles. The van der Waals surface area contributed by atoms with E-state index in [2.05, 4.69) is 5.32 Å². The van der Waals surface area contributed by atoms with Crippen LogP contribution in [0.2, 0.25) is 5.02 Å². The van der Waals surface area contributed by atoms with Gasteiger partial charge in [0.2, 0.25) is 21.8 Å². The first-order valence-corrected chi connectivity index (χ1v) is 12.5. The molecule has 1 unspecified atom stereocenters. The Kier molecular flexibility index (Phi) is 8.48. The predicted molar refractivity (Wildman–Crippen MR) is 128 cm³/mol. The van der Waals surface area contributed by atoms with Crippen LogP contribution in [-0.4, -0.2) is 49.5 Å². The lowest BCUT2D eigenvalue weighted by molar-refractivity contribution is -0.140. The zero-order valence-corrected chi connectivity index (χ0v) is 20.9. The van der Waals surface area contributed by atoms with Crippen LogP contribution in [0.15, 0.2) is 48.5 Å². The molecule has 1 atom stereocenters. The number of nitrogens with one attached hydrogen (secondary N) is 1. The van der Waals surface area contributed by atoms with E-state index in [1.165, 1.54) is 41.3 Å². The fraction of sp³-hybridized carbons (Fsp3) is 0.391. The van der Waals surface area contributed by atoms with Crippen LogP contribution < -0.4 is 9.62 Å². The molecule has 0 bridgehead atoms. The van der Waals surface area contributed by atoms with E-state index in [1.54, 1.807) is 19.1 Å². The quantitative estimate of drug-likeness (QED) is 0.604. The van der Waals surface area contributed by atoms with Crippen molar-refractivity contribution >= 4 is 39.1 Å². The number of sulfonamides is 1. The lowest BCUT2D eigenvalue weighted by Gasteiger charge is -2.33. The molecule has 2 rings (SSSR count). The number of anilines is 1. The molecule has 2 aromatic rings. The molecule has 0 aliphatic heterocycles. The number of nitrogens with zero attached hydrogens (tertiary/aromatic N) is 2. The van der Waals surface area contributed by atoms with Crippen LogP contribution in [0.5, 0.6) is 0 Å². The Morgan fingerprint density at radius 3 is 2.24 bits per heavy atom. The van der Waals surface area contributed by atoms with Gasteiger partial charge in [0.05, 0.1) is 11.9 Å². The van der Waals surface area contributed by atoms with Gasteiger partial charge in [0.1, 0.15) is 18.4 Å². The number of hydrogen-bond acceptors (Lipinski definition) is 4. The summed E-state index contributed by atoms with van der Waals surface area (Å²) in [6.45, 7) is 6.46. The van der Waals surface area contributed by atoms with E-state index in [0.717, 1.165) is 10.6 Å². The summed E-state index contributed by atoms with van der Waals surface area (Å²) < 4.78 is 39.2. The summed E-state index contributed by atoms with van der Waals surface area (Å²) in [6.07, 6.45) is 0.987. The third kappa shape index (κ3) is 8.01. The second kappa shape index (κ2) is 10.5. The molecule has 1 N–H and O–H groups in total. The molecule has 10 heteroatoms. The van der Waals surface area contributed by atoms with E-state index in [0.29, 0.717) is 10.6 Å². The van der Waals surface area contributed by atoms with Crippen molar-refractivity contribution in [2.24, 2.45) is 0 Å². The molecule has 180 valence electrons. The first-order chi connectivity index (χ1) is 15.2. The minimum absolute atomic E-state index is 0.00894. The van der Waals surface area contributed by atoms with Crippen LogP contribution in [0.1, 0.15) is 33.3 Å². The first kappa shape index (κ1) is 26.6. The average molecular weight is 498 g/mol. The van der Waals surface area contributed by atoms with Gasteiger partial charge < -0.3 is 10.2 Å². The van der Waals surface area contributed by atoms with Crippen LogP contribution in [0.25, 0.3) is 0 Å². The Morgan fingerprint density at radius 1 is 1.12 bits per heavy atom. The highest BCUT2D eigenvalue weighted by Crippen LogP contribution is 2.22. The number of halogens is 2. The molecule has 0 aliphatic carbocycles. The molecule has 0 aliphatic rings. The van der Waals surface area contributed by atoms with Crippen molar-refractivity contribution in [3.8, 4) is 0 Å². The Labute approximate surface area is 199 Å². The predicted octanol–water partition coefficient (Wildman–Crippen LogP) is 3.58. The van der Waals surface area contributed by atoms with Crippen molar-refractivity contribution < 1.29 is 22.4 Å². The molecule has 0 aromatic heterocycles. The van der Waals surface area contributed by atoms with E-state index in [-0.39, 0.29) is 12.2 Å². The zero-order valence-electron chi connectivity index (χ0n) is 19.3. The molecule has 0 fully saturated rings. The summed E-state index contributed by atoms with van der Waals surface area (Å²) in [5.41, 5.74) is 0.288. The summed E-state index contributed by atoms with van der Waals surface area (Å²) in [6, 6.07) is 10.8. The van der Waals surface area contributed by atoms with Crippen LogP contribution >= 0.6 is 11.6 Å². The van der Waals surface area contributed by atoms with Gasteiger partial charge in [0.25, 0.3) is 0 Å². The van der Waals surface area contributed by atoms with Crippen molar-refractivity contribution in [2.45, 2.75) is 45.8 Å². The van der Waals surface area contributed by atoms with E-state index in [4.69, 9.17) is 11.6 Å². The molecule has 2 amide bonds. The second-order valence-electron chi connectivity index (χ2n) is 8.81. The lowest BCUT2D eigenvalue weighted by atomic mass is 10.1. The molecular formula is C23H29ClFN3O4S. The maximum atomic E-state index is 13.4. The molecule has 7 nitrogen and oxygen atoms in total. The third-order valence-corrected chi connectivity index (χ3v) is 6.08. The number of carbonyl (C=O) groups excluding carboxylic acids is 2. The number of carbonyl (C=O) groups is 2.